The van der Waals surface area contributed by atoms with Crippen LogP contribution >= 0.6 is 0 Å². The number of amides is 3. The number of para-hydroxylation sites is 1. The molecule has 0 aromatic heterocycles. The molecule has 0 aliphatic carbocycles. The molecule has 7 heteroatoms. The van der Waals surface area contributed by atoms with Crippen molar-refractivity contribution in [2.75, 3.05) is 6.54 Å². The molecule has 3 amide bonds. The maximum atomic E-state index is 12.7. The highest BCUT2D eigenvalue weighted by Gasteiger charge is 2.36. The minimum absolute atomic E-state index is 0.110. The fourth-order valence-corrected chi connectivity index (χ4v) is 2.94. The molecule has 0 radical (unpaired) electrons. The van der Waals surface area contributed by atoms with Crippen molar-refractivity contribution in [3.63, 3.8) is 0 Å². The Labute approximate surface area is 153 Å². The van der Waals surface area contributed by atoms with Crippen LogP contribution in [-0.4, -0.2) is 51.9 Å². The monoisotopic (exact) mass is 361 g/mol. The second kappa shape index (κ2) is 7.76. The Bertz CT molecular complexity index is 696. The van der Waals surface area contributed by atoms with Gasteiger partial charge in [0.15, 0.2) is 0 Å². The number of nitrogens with zero attached hydrogens (tertiary/aromatic N) is 1. The van der Waals surface area contributed by atoms with Gasteiger partial charge >= 0.3 is 0 Å². The summed E-state index contributed by atoms with van der Waals surface area (Å²) < 4.78 is 0. The molecule has 1 aromatic carbocycles. The van der Waals surface area contributed by atoms with Gasteiger partial charge in [0.05, 0.1) is 5.56 Å². The maximum absolute atomic E-state index is 12.7. The van der Waals surface area contributed by atoms with Crippen LogP contribution in [0.5, 0.6) is 5.75 Å². The predicted octanol–water partition coefficient (Wildman–Crippen LogP) is 1.42. The summed E-state index contributed by atoms with van der Waals surface area (Å²) in [5, 5.41) is 15.4. The fraction of sp³-hybridized carbons (Fsp3) is 0.526. The Morgan fingerprint density at radius 3 is 2.50 bits per heavy atom. The molecule has 1 aliphatic rings. The van der Waals surface area contributed by atoms with Crippen molar-refractivity contribution in [2.24, 2.45) is 0 Å². The molecule has 142 valence electrons. The molecular weight excluding hydrogens is 334 g/mol. The van der Waals surface area contributed by atoms with E-state index in [-0.39, 0.29) is 29.0 Å². The van der Waals surface area contributed by atoms with E-state index in [9.17, 15) is 19.5 Å². The molecule has 1 aromatic rings. The van der Waals surface area contributed by atoms with Crippen molar-refractivity contribution in [3.05, 3.63) is 29.8 Å². The Balaban J connectivity index is 2.05. The molecule has 3 N–H and O–H groups in total. The minimum atomic E-state index is -0.704. The van der Waals surface area contributed by atoms with Gasteiger partial charge in [-0.2, -0.15) is 0 Å². The molecule has 1 saturated heterocycles. The van der Waals surface area contributed by atoms with Gasteiger partial charge in [-0.3, -0.25) is 14.4 Å². The summed E-state index contributed by atoms with van der Waals surface area (Å²) >= 11 is 0. The maximum Gasteiger partial charge on any atom is 0.258 e. The second-order valence-electron chi connectivity index (χ2n) is 7.64. The van der Waals surface area contributed by atoms with Crippen LogP contribution in [0, 0.1) is 0 Å². The average Bonchev–Trinajstić information content (AvgIpc) is 3.02. The zero-order chi connectivity index (χ0) is 19.5. The topological polar surface area (TPSA) is 98.7 Å². The molecule has 1 heterocycles. The highest BCUT2D eigenvalue weighted by molar-refractivity contribution is 6.00. The zero-order valence-corrected chi connectivity index (χ0v) is 15.7. The Morgan fingerprint density at radius 2 is 1.88 bits per heavy atom. The van der Waals surface area contributed by atoms with Crippen molar-refractivity contribution in [2.45, 2.75) is 58.2 Å². The molecule has 0 spiro atoms. The molecule has 1 fully saturated rings. The lowest BCUT2D eigenvalue weighted by Gasteiger charge is -2.27. The number of aromatic hydroxyl groups is 1. The number of hydrogen-bond acceptors (Lipinski definition) is 4. The van der Waals surface area contributed by atoms with Crippen LogP contribution in [0.1, 0.15) is 50.9 Å². The summed E-state index contributed by atoms with van der Waals surface area (Å²) in [7, 11) is 0. The Hall–Kier alpha value is -2.57. The van der Waals surface area contributed by atoms with Gasteiger partial charge in [0.25, 0.3) is 5.91 Å². The SMILES string of the molecule is C[C@@H](NC(=O)[C@@H]1CCCN1C(=O)c1ccccc1O)C(=O)NC(C)(C)C. The molecule has 7 nitrogen and oxygen atoms in total. The quantitative estimate of drug-likeness (QED) is 0.755. The van der Waals surface area contributed by atoms with Crippen LogP contribution in [-0.2, 0) is 9.59 Å². The summed E-state index contributed by atoms with van der Waals surface area (Å²) in [4.78, 5) is 38.9. The van der Waals surface area contributed by atoms with E-state index in [2.05, 4.69) is 10.6 Å². The van der Waals surface area contributed by atoms with Crippen LogP contribution in [0.3, 0.4) is 0 Å². The van der Waals surface area contributed by atoms with E-state index < -0.39 is 17.6 Å². The largest absolute Gasteiger partial charge is 0.507 e. The molecule has 2 atom stereocenters. The third-order valence-electron chi connectivity index (χ3n) is 4.20. The third-order valence-corrected chi connectivity index (χ3v) is 4.20. The summed E-state index contributed by atoms with van der Waals surface area (Å²) in [5.74, 6) is -1.13. The zero-order valence-electron chi connectivity index (χ0n) is 15.7. The number of carbonyl (C=O) groups is 3. The fourth-order valence-electron chi connectivity index (χ4n) is 2.94. The van der Waals surface area contributed by atoms with Crippen molar-refractivity contribution >= 4 is 17.7 Å². The lowest BCUT2D eigenvalue weighted by Crippen LogP contribution is -2.54. The Morgan fingerprint density at radius 1 is 1.23 bits per heavy atom. The summed E-state index contributed by atoms with van der Waals surface area (Å²) in [5.41, 5.74) is -0.221. The molecule has 26 heavy (non-hydrogen) atoms. The highest BCUT2D eigenvalue weighted by atomic mass is 16.3. The highest BCUT2D eigenvalue weighted by Crippen LogP contribution is 2.24. The number of likely N-dealkylation sites (tertiary alicyclic amines) is 1. The van der Waals surface area contributed by atoms with Crippen molar-refractivity contribution in [1.29, 1.82) is 0 Å². The van der Waals surface area contributed by atoms with Crippen LogP contribution < -0.4 is 10.6 Å². The van der Waals surface area contributed by atoms with E-state index in [1.165, 1.54) is 17.0 Å². The van der Waals surface area contributed by atoms with Gasteiger partial charge in [-0.05, 0) is 52.7 Å². The first-order valence-corrected chi connectivity index (χ1v) is 8.81. The van der Waals surface area contributed by atoms with E-state index in [1.807, 2.05) is 20.8 Å². The van der Waals surface area contributed by atoms with E-state index >= 15 is 0 Å². The molecule has 1 aliphatic heterocycles. The van der Waals surface area contributed by atoms with Gasteiger partial charge in [0.1, 0.15) is 17.8 Å². The molecule has 0 unspecified atom stereocenters. The van der Waals surface area contributed by atoms with E-state index in [0.29, 0.717) is 19.4 Å². The number of phenolic OH excluding ortho intramolecular Hbond substituents is 1. The van der Waals surface area contributed by atoms with Gasteiger partial charge < -0.3 is 20.6 Å². The lowest BCUT2D eigenvalue weighted by molar-refractivity contribution is -0.131. The number of rotatable bonds is 4. The number of phenols is 1. The first-order valence-electron chi connectivity index (χ1n) is 8.81. The second-order valence-corrected chi connectivity index (χ2v) is 7.64. The number of nitrogens with one attached hydrogen (secondary N) is 2. The molecular formula is C19H27N3O4. The van der Waals surface area contributed by atoms with E-state index in [4.69, 9.17) is 0 Å². The van der Waals surface area contributed by atoms with Crippen LogP contribution in [0.4, 0.5) is 0 Å². The van der Waals surface area contributed by atoms with Gasteiger partial charge in [0, 0.05) is 12.1 Å². The Kier molecular flexibility index (Phi) is 5.90. The predicted molar refractivity (Wildman–Crippen MR) is 97.7 cm³/mol. The molecule has 2 rings (SSSR count). The van der Waals surface area contributed by atoms with Gasteiger partial charge in [-0.1, -0.05) is 12.1 Å². The van der Waals surface area contributed by atoms with Gasteiger partial charge in [0.2, 0.25) is 11.8 Å². The van der Waals surface area contributed by atoms with Gasteiger partial charge in [-0.15, -0.1) is 0 Å². The normalized spacial score (nSPS) is 18.3. The van der Waals surface area contributed by atoms with Crippen LogP contribution in [0.2, 0.25) is 0 Å². The molecule has 0 saturated carbocycles. The number of benzene rings is 1. The smallest absolute Gasteiger partial charge is 0.258 e. The average molecular weight is 361 g/mol. The first-order chi connectivity index (χ1) is 12.1. The van der Waals surface area contributed by atoms with E-state index in [1.54, 1.807) is 19.1 Å². The van der Waals surface area contributed by atoms with Crippen LogP contribution in [0.15, 0.2) is 24.3 Å². The summed E-state index contributed by atoms with van der Waals surface area (Å²) in [6, 6.07) is 4.92. The number of carbonyl (C=O) groups excluding carboxylic acids is 3. The minimum Gasteiger partial charge on any atom is -0.507 e. The van der Waals surface area contributed by atoms with Crippen molar-refractivity contribution < 1.29 is 19.5 Å². The van der Waals surface area contributed by atoms with Crippen LogP contribution in [0.25, 0.3) is 0 Å². The standard InChI is InChI=1S/C19H27N3O4/c1-12(16(24)21-19(2,3)4)20-17(25)14-9-7-11-22(14)18(26)13-8-5-6-10-15(13)23/h5-6,8,10,12,14,23H,7,9,11H2,1-4H3,(H,20,25)(H,21,24)/t12-,14+/m1/s1. The molecule has 0 bridgehead atoms. The van der Waals surface area contributed by atoms with Gasteiger partial charge in [-0.25, -0.2) is 0 Å². The first kappa shape index (κ1) is 19.8. The third kappa shape index (κ3) is 4.74. The number of hydrogen-bond donors (Lipinski definition) is 3. The van der Waals surface area contributed by atoms with Crippen molar-refractivity contribution in [1.82, 2.24) is 15.5 Å². The van der Waals surface area contributed by atoms with E-state index in [0.717, 1.165) is 0 Å². The lowest BCUT2D eigenvalue weighted by atomic mass is 10.1. The summed E-state index contributed by atoms with van der Waals surface area (Å²) in [6.07, 6.45) is 1.22. The van der Waals surface area contributed by atoms with Crippen molar-refractivity contribution in [3.8, 4) is 5.75 Å². The summed E-state index contributed by atoms with van der Waals surface area (Å²) in [6.45, 7) is 7.65.